The minimum absolute atomic E-state index is 0.282. The van der Waals surface area contributed by atoms with Gasteiger partial charge in [-0.2, -0.15) is 0 Å². The van der Waals surface area contributed by atoms with E-state index in [9.17, 15) is 4.79 Å². The van der Waals surface area contributed by atoms with Gasteiger partial charge in [0.25, 0.3) is 0 Å². The van der Waals surface area contributed by atoms with Crippen molar-refractivity contribution in [1.29, 1.82) is 0 Å². The molecule has 15 heavy (non-hydrogen) atoms. The van der Waals surface area contributed by atoms with Gasteiger partial charge in [-0.15, -0.1) is 0 Å². The highest BCUT2D eigenvalue weighted by molar-refractivity contribution is 5.78. The van der Waals surface area contributed by atoms with Crippen molar-refractivity contribution in [2.24, 2.45) is 0 Å². The van der Waals surface area contributed by atoms with Crippen molar-refractivity contribution in [2.75, 3.05) is 6.61 Å². The van der Waals surface area contributed by atoms with Crippen LogP contribution in [0.1, 0.15) is 31.7 Å². The van der Waals surface area contributed by atoms with E-state index in [1.807, 2.05) is 38.1 Å². The number of rotatable bonds is 6. The molecule has 0 aliphatic rings. The van der Waals surface area contributed by atoms with E-state index in [-0.39, 0.29) is 5.78 Å². The Morgan fingerprint density at radius 2 is 1.87 bits per heavy atom. The van der Waals surface area contributed by atoms with E-state index in [4.69, 9.17) is 4.74 Å². The maximum atomic E-state index is 11.2. The lowest BCUT2D eigenvalue weighted by Gasteiger charge is -2.05. The number of Topliss-reactive ketones (excluding diaryl/α,β-unsaturated/α-hetero) is 1. The molecule has 0 aliphatic carbocycles. The SMILES string of the molecule is CCCC(=O)CCOc1ccc(C)cc1. The van der Waals surface area contributed by atoms with Crippen LogP contribution in [-0.4, -0.2) is 12.4 Å². The standard InChI is InChI=1S/C13H18O2/c1-3-4-12(14)9-10-15-13-7-5-11(2)6-8-13/h5-8H,3-4,9-10H2,1-2H3. The predicted octanol–water partition coefficient (Wildman–Crippen LogP) is 3.13. The van der Waals surface area contributed by atoms with Crippen molar-refractivity contribution in [3.05, 3.63) is 29.8 Å². The minimum atomic E-state index is 0.282. The van der Waals surface area contributed by atoms with Crippen LogP contribution < -0.4 is 4.74 Å². The Morgan fingerprint density at radius 1 is 1.20 bits per heavy atom. The van der Waals surface area contributed by atoms with Gasteiger partial charge < -0.3 is 4.74 Å². The van der Waals surface area contributed by atoms with Gasteiger partial charge in [0.2, 0.25) is 0 Å². The molecule has 0 amide bonds. The number of hydrogen-bond acceptors (Lipinski definition) is 2. The second kappa shape index (κ2) is 6.23. The molecule has 1 rings (SSSR count). The van der Waals surface area contributed by atoms with Crippen LogP contribution in [0.3, 0.4) is 0 Å². The average molecular weight is 206 g/mol. The summed E-state index contributed by atoms with van der Waals surface area (Å²) in [6.07, 6.45) is 2.10. The molecule has 0 saturated heterocycles. The van der Waals surface area contributed by atoms with Gasteiger partial charge in [0.1, 0.15) is 11.5 Å². The fourth-order valence-corrected chi connectivity index (χ4v) is 1.32. The molecule has 0 aliphatic heterocycles. The zero-order chi connectivity index (χ0) is 11.1. The summed E-state index contributed by atoms with van der Waals surface area (Å²) in [7, 11) is 0. The molecule has 0 spiro atoms. The molecule has 0 radical (unpaired) electrons. The van der Waals surface area contributed by atoms with Gasteiger partial charge in [0.05, 0.1) is 6.61 Å². The van der Waals surface area contributed by atoms with Crippen LogP contribution in [0.2, 0.25) is 0 Å². The molecule has 0 aromatic heterocycles. The number of carbonyl (C=O) groups is 1. The Labute approximate surface area is 91.3 Å². The summed E-state index contributed by atoms with van der Waals surface area (Å²) in [4.78, 5) is 11.2. The van der Waals surface area contributed by atoms with Crippen LogP contribution >= 0.6 is 0 Å². The van der Waals surface area contributed by atoms with Crippen molar-refractivity contribution >= 4 is 5.78 Å². The van der Waals surface area contributed by atoms with E-state index >= 15 is 0 Å². The van der Waals surface area contributed by atoms with Gasteiger partial charge in [-0.05, 0) is 25.5 Å². The zero-order valence-corrected chi connectivity index (χ0v) is 9.45. The van der Waals surface area contributed by atoms with Crippen molar-refractivity contribution in [3.8, 4) is 5.75 Å². The lowest BCUT2D eigenvalue weighted by molar-refractivity contribution is -0.119. The highest BCUT2D eigenvalue weighted by Gasteiger charge is 2.00. The summed E-state index contributed by atoms with van der Waals surface area (Å²) >= 11 is 0. The number of hydrogen-bond donors (Lipinski definition) is 0. The molecule has 0 fully saturated rings. The maximum Gasteiger partial charge on any atom is 0.136 e. The maximum absolute atomic E-state index is 11.2. The van der Waals surface area contributed by atoms with Gasteiger partial charge in [0.15, 0.2) is 0 Å². The first kappa shape index (κ1) is 11.8. The largest absolute Gasteiger partial charge is 0.493 e. The van der Waals surface area contributed by atoms with Crippen molar-refractivity contribution in [2.45, 2.75) is 33.1 Å². The van der Waals surface area contributed by atoms with Gasteiger partial charge in [-0.3, -0.25) is 4.79 Å². The van der Waals surface area contributed by atoms with Gasteiger partial charge >= 0.3 is 0 Å². The summed E-state index contributed by atoms with van der Waals surface area (Å²) in [6, 6.07) is 7.87. The van der Waals surface area contributed by atoms with Gasteiger partial charge in [0, 0.05) is 12.8 Å². The first-order valence-electron chi connectivity index (χ1n) is 5.43. The van der Waals surface area contributed by atoms with Gasteiger partial charge in [-0.25, -0.2) is 0 Å². The van der Waals surface area contributed by atoms with Crippen LogP contribution in [0.5, 0.6) is 5.75 Å². The highest BCUT2D eigenvalue weighted by Crippen LogP contribution is 2.11. The molecule has 0 saturated carbocycles. The lowest BCUT2D eigenvalue weighted by atomic mass is 10.2. The second-order valence-electron chi connectivity index (χ2n) is 3.70. The third-order valence-electron chi connectivity index (χ3n) is 2.20. The van der Waals surface area contributed by atoms with E-state index < -0.39 is 0 Å². The number of ketones is 1. The van der Waals surface area contributed by atoms with Crippen LogP contribution in [0, 0.1) is 6.92 Å². The van der Waals surface area contributed by atoms with E-state index in [1.54, 1.807) is 0 Å². The minimum Gasteiger partial charge on any atom is -0.493 e. The van der Waals surface area contributed by atoms with Crippen LogP contribution in [0.25, 0.3) is 0 Å². The van der Waals surface area contributed by atoms with Crippen molar-refractivity contribution in [3.63, 3.8) is 0 Å². The quantitative estimate of drug-likeness (QED) is 0.714. The zero-order valence-electron chi connectivity index (χ0n) is 9.45. The molecular weight excluding hydrogens is 188 g/mol. The molecule has 0 N–H and O–H groups in total. The topological polar surface area (TPSA) is 26.3 Å². The molecule has 0 heterocycles. The number of aryl methyl sites for hydroxylation is 1. The van der Waals surface area contributed by atoms with E-state index in [1.165, 1.54) is 5.56 Å². The van der Waals surface area contributed by atoms with Crippen LogP contribution in [-0.2, 0) is 4.79 Å². The second-order valence-corrected chi connectivity index (χ2v) is 3.70. The Morgan fingerprint density at radius 3 is 2.47 bits per heavy atom. The summed E-state index contributed by atoms with van der Waals surface area (Å²) in [5.41, 5.74) is 1.21. The van der Waals surface area contributed by atoms with Crippen molar-refractivity contribution < 1.29 is 9.53 Å². The molecule has 0 unspecified atom stereocenters. The first-order chi connectivity index (χ1) is 7.22. The predicted molar refractivity (Wildman–Crippen MR) is 61.2 cm³/mol. The Bertz CT molecular complexity index is 301. The fourth-order valence-electron chi connectivity index (χ4n) is 1.32. The van der Waals surface area contributed by atoms with E-state index in [0.717, 1.165) is 12.2 Å². The Kier molecular flexibility index (Phi) is 4.88. The van der Waals surface area contributed by atoms with E-state index in [0.29, 0.717) is 19.4 Å². The summed E-state index contributed by atoms with van der Waals surface area (Å²) in [5.74, 6) is 1.12. The first-order valence-corrected chi connectivity index (χ1v) is 5.43. The molecule has 1 aromatic rings. The fraction of sp³-hybridized carbons (Fsp3) is 0.462. The number of carbonyl (C=O) groups excluding carboxylic acids is 1. The highest BCUT2D eigenvalue weighted by atomic mass is 16.5. The average Bonchev–Trinajstić information content (AvgIpc) is 2.21. The molecular formula is C13H18O2. The van der Waals surface area contributed by atoms with Gasteiger partial charge in [-0.1, -0.05) is 24.6 Å². The summed E-state index contributed by atoms with van der Waals surface area (Å²) in [5, 5.41) is 0. The summed E-state index contributed by atoms with van der Waals surface area (Å²) < 4.78 is 5.46. The Hall–Kier alpha value is -1.31. The monoisotopic (exact) mass is 206 g/mol. The molecule has 0 atom stereocenters. The normalized spacial score (nSPS) is 10.0. The summed E-state index contributed by atoms with van der Waals surface area (Å²) in [6.45, 7) is 4.54. The van der Waals surface area contributed by atoms with E-state index in [2.05, 4.69) is 0 Å². The van der Waals surface area contributed by atoms with Crippen LogP contribution in [0.4, 0.5) is 0 Å². The van der Waals surface area contributed by atoms with Crippen LogP contribution in [0.15, 0.2) is 24.3 Å². The lowest BCUT2D eigenvalue weighted by Crippen LogP contribution is -2.05. The smallest absolute Gasteiger partial charge is 0.136 e. The third-order valence-corrected chi connectivity index (χ3v) is 2.20. The molecule has 0 bridgehead atoms. The molecule has 1 aromatic carbocycles. The third kappa shape index (κ3) is 4.63. The molecule has 82 valence electrons. The number of benzene rings is 1. The molecule has 2 heteroatoms. The van der Waals surface area contributed by atoms with Crippen molar-refractivity contribution in [1.82, 2.24) is 0 Å². The Balaban J connectivity index is 2.26. The number of ether oxygens (including phenoxy) is 1. The molecule has 2 nitrogen and oxygen atoms in total.